The molecular formula is C23H26FNO6S. The summed E-state index contributed by atoms with van der Waals surface area (Å²) in [7, 11) is -3.99. The van der Waals surface area contributed by atoms with Gasteiger partial charge in [0.2, 0.25) is 0 Å². The zero-order chi connectivity index (χ0) is 23.2. The summed E-state index contributed by atoms with van der Waals surface area (Å²) >= 11 is 0. The fraction of sp³-hybridized carbons (Fsp3) is 0.435. The van der Waals surface area contributed by atoms with E-state index in [1.165, 1.54) is 23.1 Å². The quantitative estimate of drug-likeness (QED) is 0.630. The van der Waals surface area contributed by atoms with Gasteiger partial charge in [-0.05, 0) is 51.5 Å². The Kier molecular flexibility index (Phi) is 5.89. The van der Waals surface area contributed by atoms with E-state index in [2.05, 4.69) is 0 Å². The third-order valence-electron chi connectivity index (χ3n) is 5.57. The Balaban J connectivity index is 1.60. The number of carbonyl (C=O) groups excluding carboxylic acids is 1. The smallest absolute Gasteiger partial charge is 0.297 e. The maximum Gasteiger partial charge on any atom is 0.297 e. The Morgan fingerprint density at radius 3 is 2.53 bits per heavy atom. The second-order valence-corrected chi connectivity index (χ2v) is 10.1. The van der Waals surface area contributed by atoms with Crippen LogP contribution in [0.15, 0.2) is 35.2 Å². The molecule has 1 saturated heterocycles. The molecule has 0 saturated carbocycles. The largest absolute Gasteiger partial charge is 0.490 e. The van der Waals surface area contributed by atoms with Gasteiger partial charge in [0.05, 0.1) is 23.1 Å². The second kappa shape index (κ2) is 8.37. The highest BCUT2D eigenvalue weighted by Gasteiger charge is 2.43. The van der Waals surface area contributed by atoms with Crippen LogP contribution in [0.25, 0.3) is 0 Å². The van der Waals surface area contributed by atoms with Crippen LogP contribution in [-0.4, -0.2) is 50.6 Å². The molecule has 2 aromatic carbocycles. The zero-order valence-electron chi connectivity index (χ0n) is 18.4. The van der Waals surface area contributed by atoms with E-state index in [0.717, 1.165) is 5.56 Å². The van der Waals surface area contributed by atoms with Crippen LogP contribution in [0.2, 0.25) is 0 Å². The van der Waals surface area contributed by atoms with Crippen LogP contribution < -0.4 is 9.47 Å². The standard InChI is InChI=1S/C23H26FNO6S/c1-13(2)30-22-20-19(9-15(4)21(22)24)29-12-16-10-17(11-25(16)23(20)26)31-32(27,28)18-7-5-14(3)6-8-18/h5-9,13,16-17H,10-12H2,1-4H3/t16-,17-/m1/s1. The van der Waals surface area contributed by atoms with Crippen molar-refractivity contribution in [1.29, 1.82) is 0 Å². The van der Waals surface area contributed by atoms with Crippen molar-refractivity contribution in [2.24, 2.45) is 0 Å². The van der Waals surface area contributed by atoms with Gasteiger partial charge >= 0.3 is 0 Å². The Labute approximate surface area is 187 Å². The van der Waals surface area contributed by atoms with E-state index < -0.39 is 34.0 Å². The predicted octanol–water partition coefficient (Wildman–Crippen LogP) is 3.61. The molecule has 0 aromatic heterocycles. The number of hydrogen-bond donors (Lipinski definition) is 0. The van der Waals surface area contributed by atoms with Crippen LogP contribution in [0.4, 0.5) is 4.39 Å². The minimum absolute atomic E-state index is 0.0198. The van der Waals surface area contributed by atoms with Gasteiger partial charge in [-0.2, -0.15) is 8.42 Å². The van der Waals surface area contributed by atoms with Gasteiger partial charge in [0.25, 0.3) is 16.0 Å². The van der Waals surface area contributed by atoms with E-state index >= 15 is 0 Å². The van der Waals surface area contributed by atoms with E-state index in [-0.39, 0.29) is 47.6 Å². The molecule has 1 amide bonds. The summed E-state index contributed by atoms with van der Waals surface area (Å²) < 4.78 is 57.2. The highest BCUT2D eigenvalue weighted by molar-refractivity contribution is 7.86. The fourth-order valence-electron chi connectivity index (χ4n) is 4.01. The number of halogens is 1. The molecule has 7 nitrogen and oxygen atoms in total. The molecule has 2 heterocycles. The fourth-order valence-corrected chi connectivity index (χ4v) is 5.09. The van der Waals surface area contributed by atoms with Crippen LogP contribution in [0.5, 0.6) is 11.5 Å². The molecule has 0 N–H and O–H groups in total. The molecule has 32 heavy (non-hydrogen) atoms. The van der Waals surface area contributed by atoms with Gasteiger partial charge in [-0.1, -0.05) is 17.7 Å². The number of amides is 1. The summed E-state index contributed by atoms with van der Waals surface area (Å²) in [5.41, 5.74) is 1.27. The molecule has 0 unspecified atom stereocenters. The van der Waals surface area contributed by atoms with E-state index in [1.807, 2.05) is 6.92 Å². The Bertz CT molecular complexity index is 1150. The third kappa shape index (κ3) is 4.19. The van der Waals surface area contributed by atoms with Crippen molar-refractivity contribution in [2.45, 2.75) is 57.3 Å². The first kappa shape index (κ1) is 22.5. The van der Waals surface area contributed by atoms with Crippen molar-refractivity contribution >= 4 is 16.0 Å². The minimum Gasteiger partial charge on any atom is -0.490 e. The first-order valence-electron chi connectivity index (χ1n) is 10.5. The van der Waals surface area contributed by atoms with Gasteiger partial charge in [0.15, 0.2) is 11.6 Å². The Morgan fingerprint density at radius 1 is 1.19 bits per heavy atom. The van der Waals surface area contributed by atoms with Gasteiger partial charge in [0, 0.05) is 13.0 Å². The maximum absolute atomic E-state index is 14.9. The molecule has 0 bridgehead atoms. The number of fused-ring (bicyclic) bond motifs is 2. The average Bonchev–Trinajstić information content (AvgIpc) is 3.06. The van der Waals surface area contributed by atoms with Crippen LogP contribution >= 0.6 is 0 Å². The number of hydrogen-bond acceptors (Lipinski definition) is 6. The molecule has 2 aromatic rings. The number of benzene rings is 2. The third-order valence-corrected chi connectivity index (χ3v) is 6.95. The topological polar surface area (TPSA) is 82.1 Å². The molecule has 0 spiro atoms. The first-order chi connectivity index (χ1) is 15.1. The molecule has 172 valence electrons. The summed E-state index contributed by atoms with van der Waals surface area (Å²) in [6.45, 7) is 7.13. The Hall–Kier alpha value is -2.65. The van der Waals surface area contributed by atoms with Crippen molar-refractivity contribution in [3.05, 3.63) is 52.8 Å². The SMILES string of the molecule is Cc1ccc(S(=O)(=O)O[C@@H]2C[C@@H]3COc4cc(C)c(F)c(OC(C)C)c4C(=O)N3C2)cc1. The second-order valence-electron chi connectivity index (χ2n) is 8.52. The molecule has 0 aliphatic carbocycles. The van der Waals surface area contributed by atoms with Crippen LogP contribution in [-0.2, 0) is 14.3 Å². The van der Waals surface area contributed by atoms with Crippen LogP contribution in [0.1, 0.15) is 41.8 Å². The lowest BCUT2D eigenvalue weighted by Crippen LogP contribution is -2.37. The summed E-state index contributed by atoms with van der Waals surface area (Å²) in [4.78, 5) is 14.9. The highest BCUT2D eigenvalue weighted by atomic mass is 32.2. The van der Waals surface area contributed by atoms with Crippen molar-refractivity contribution in [3.63, 3.8) is 0 Å². The molecule has 2 aliphatic heterocycles. The minimum atomic E-state index is -3.99. The number of aryl methyl sites for hydroxylation is 2. The molecule has 2 aliphatic rings. The monoisotopic (exact) mass is 463 g/mol. The molecule has 4 rings (SSSR count). The number of nitrogens with zero attached hydrogens (tertiary/aromatic N) is 1. The highest BCUT2D eigenvalue weighted by Crippen LogP contribution is 2.40. The lowest BCUT2D eigenvalue weighted by Gasteiger charge is -2.22. The number of rotatable bonds is 5. The van der Waals surface area contributed by atoms with Crippen molar-refractivity contribution in [1.82, 2.24) is 4.90 Å². The van der Waals surface area contributed by atoms with E-state index in [4.69, 9.17) is 13.7 Å². The average molecular weight is 464 g/mol. The van der Waals surface area contributed by atoms with E-state index in [9.17, 15) is 17.6 Å². The van der Waals surface area contributed by atoms with Gasteiger partial charge in [-0.25, -0.2) is 4.39 Å². The summed E-state index contributed by atoms with van der Waals surface area (Å²) in [5, 5.41) is 0. The summed E-state index contributed by atoms with van der Waals surface area (Å²) in [6.07, 6.45) is -0.797. The van der Waals surface area contributed by atoms with Crippen molar-refractivity contribution in [3.8, 4) is 11.5 Å². The molecular weight excluding hydrogens is 437 g/mol. The lowest BCUT2D eigenvalue weighted by molar-refractivity contribution is 0.0709. The summed E-state index contributed by atoms with van der Waals surface area (Å²) in [5.74, 6) is -0.946. The number of ether oxygens (including phenoxy) is 2. The lowest BCUT2D eigenvalue weighted by atomic mass is 10.1. The van der Waals surface area contributed by atoms with Gasteiger partial charge in [0.1, 0.15) is 17.9 Å². The van der Waals surface area contributed by atoms with E-state index in [0.29, 0.717) is 5.56 Å². The predicted molar refractivity (Wildman–Crippen MR) is 115 cm³/mol. The molecule has 0 radical (unpaired) electrons. The van der Waals surface area contributed by atoms with Gasteiger partial charge in [-0.15, -0.1) is 0 Å². The number of carbonyl (C=O) groups is 1. The van der Waals surface area contributed by atoms with Crippen LogP contribution in [0, 0.1) is 19.7 Å². The normalized spacial score (nSPS) is 20.6. The first-order valence-corrected chi connectivity index (χ1v) is 11.9. The van der Waals surface area contributed by atoms with E-state index in [1.54, 1.807) is 32.9 Å². The van der Waals surface area contributed by atoms with Crippen molar-refractivity contribution in [2.75, 3.05) is 13.2 Å². The summed E-state index contributed by atoms with van der Waals surface area (Å²) in [6, 6.07) is 7.46. The maximum atomic E-state index is 14.9. The van der Waals surface area contributed by atoms with Crippen molar-refractivity contribution < 1.29 is 31.3 Å². The van der Waals surface area contributed by atoms with Gasteiger partial charge < -0.3 is 14.4 Å². The molecule has 1 fully saturated rings. The van der Waals surface area contributed by atoms with Gasteiger partial charge in [-0.3, -0.25) is 8.98 Å². The zero-order valence-corrected chi connectivity index (χ0v) is 19.2. The van der Waals surface area contributed by atoms with Crippen LogP contribution in [0.3, 0.4) is 0 Å². The molecule has 9 heteroatoms. The Morgan fingerprint density at radius 2 is 1.88 bits per heavy atom. The molecule has 2 atom stereocenters.